The standard InChI is InChI=1S/C13H20BrN3O3S/c1-15-13-12(7-10(14)8-16-13)21(19,20)17-6-4-2-3-5-11(17)9-18/h7-8,11,18H,2-6,9H2,1H3,(H,15,16). The van der Waals surface area contributed by atoms with E-state index in [-0.39, 0.29) is 17.5 Å². The fraction of sp³-hybridized carbons (Fsp3) is 0.615. The van der Waals surface area contributed by atoms with Crippen molar-refractivity contribution in [1.82, 2.24) is 9.29 Å². The Bertz CT molecular complexity index is 594. The molecule has 21 heavy (non-hydrogen) atoms. The van der Waals surface area contributed by atoms with Crippen LogP contribution < -0.4 is 5.32 Å². The highest BCUT2D eigenvalue weighted by Gasteiger charge is 2.34. The third-order valence-corrected chi connectivity index (χ3v) is 6.08. The van der Waals surface area contributed by atoms with Crippen LogP contribution in [-0.2, 0) is 10.0 Å². The molecule has 2 N–H and O–H groups in total. The van der Waals surface area contributed by atoms with Crippen molar-refractivity contribution in [2.75, 3.05) is 25.5 Å². The van der Waals surface area contributed by atoms with E-state index in [9.17, 15) is 13.5 Å². The molecule has 1 atom stereocenters. The Morgan fingerprint density at radius 2 is 2.24 bits per heavy atom. The number of nitrogens with zero attached hydrogens (tertiary/aromatic N) is 2. The molecular formula is C13H20BrN3O3S. The van der Waals surface area contributed by atoms with E-state index in [1.807, 2.05) is 0 Å². The number of aliphatic hydroxyl groups excluding tert-OH is 1. The molecule has 1 aromatic heterocycles. The van der Waals surface area contributed by atoms with Gasteiger partial charge in [0.15, 0.2) is 0 Å². The zero-order valence-electron chi connectivity index (χ0n) is 11.9. The molecule has 8 heteroatoms. The molecule has 1 aliphatic rings. The van der Waals surface area contributed by atoms with Gasteiger partial charge in [0.05, 0.1) is 6.61 Å². The Morgan fingerprint density at radius 3 is 2.90 bits per heavy atom. The number of hydrogen-bond donors (Lipinski definition) is 2. The Balaban J connectivity index is 2.46. The van der Waals surface area contributed by atoms with Crippen LogP contribution in [0.25, 0.3) is 0 Å². The first-order valence-corrected chi connectivity index (χ1v) is 9.20. The van der Waals surface area contributed by atoms with Gasteiger partial charge in [-0.15, -0.1) is 0 Å². The maximum Gasteiger partial charge on any atom is 0.247 e. The Labute approximate surface area is 133 Å². The molecular weight excluding hydrogens is 358 g/mol. The highest BCUT2D eigenvalue weighted by Crippen LogP contribution is 2.29. The molecule has 1 unspecified atom stereocenters. The highest BCUT2D eigenvalue weighted by molar-refractivity contribution is 9.10. The predicted molar refractivity (Wildman–Crippen MR) is 84.7 cm³/mol. The summed E-state index contributed by atoms with van der Waals surface area (Å²) >= 11 is 3.27. The number of aliphatic hydroxyl groups is 1. The Morgan fingerprint density at radius 1 is 1.48 bits per heavy atom. The minimum absolute atomic E-state index is 0.139. The van der Waals surface area contributed by atoms with Gasteiger partial charge in [-0.25, -0.2) is 13.4 Å². The Kier molecular flexibility index (Phi) is 5.59. The van der Waals surface area contributed by atoms with E-state index in [1.165, 1.54) is 4.31 Å². The summed E-state index contributed by atoms with van der Waals surface area (Å²) in [6.07, 6.45) is 4.97. The van der Waals surface area contributed by atoms with Gasteiger partial charge in [0, 0.05) is 30.3 Å². The minimum atomic E-state index is -3.69. The van der Waals surface area contributed by atoms with Crippen LogP contribution >= 0.6 is 15.9 Å². The lowest BCUT2D eigenvalue weighted by Gasteiger charge is -2.28. The van der Waals surface area contributed by atoms with Crippen molar-refractivity contribution in [1.29, 1.82) is 0 Å². The van der Waals surface area contributed by atoms with Crippen molar-refractivity contribution in [3.63, 3.8) is 0 Å². The molecule has 1 aliphatic heterocycles. The summed E-state index contributed by atoms with van der Waals surface area (Å²) in [4.78, 5) is 4.24. The lowest BCUT2D eigenvalue weighted by molar-refractivity contribution is 0.186. The molecule has 1 fully saturated rings. The lowest BCUT2D eigenvalue weighted by atomic mass is 10.1. The topological polar surface area (TPSA) is 82.5 Å². The lowest BCUT2D eigenvalue weighted by Crippen LogP contribution is -2.42. The molecule has 118 valence electrons. The molecule has 1 saturated heterocycles. The summed E-state index contributed by atoms with van der Waals surface area (Å²) in [6.45, 7) is 0.277. The van der Waals surface area contributed by atoms with Crippen LogP contribution in [0.4, 0.5) is 5.82 Å². The maximum absolute atomic E-state index is 13.0. The van der Waals surface area contributed by atoms with Crippen molar-refractivity contribution in [2.24, 2.45) is 0 Å². The monoisotopic (exact) mass is 377 g/mol. The van der Waals surface area contributed by atoms with Crippen LogP contribution in [0.15, 0.2) is 21.6 Å². The summed E-state index contributed by atoms with van der Waals surface area (Å²) in [5, 5.41) is 12.3. The van der Waals surface area contributed by atoms with Gasteiger partial charge in [-0.2, -0.15) is 4.31 Å². The zero-order valence-corrected chi connectivity index (χ0v) is 14.3. The number of nitrogens with one attached hydrogen (secondary N) is 1. The van der Waals surface area contributed by atoms with Gasteiger partial charge in [-0.3, -0.25) is 0 Å². The number of halogens is 1. The first-order chi connectivity index (χ1) is 10.0. The van der Waals surface area contributed by atoms with E-state index in [0.29, 0.717) is 23.3 Å². The molecule has 0 saturated carbocycles. The molecule has 0 amide bonds. The van der Waals surface area contributed by atoms with Crippen LogP contribution in [0.2, 0.25) is 0 Å². The van der Waals surface area contributed by atoms with Crippen LogP contribution in [0.3, 0.4) is 0 Å². The summed E-state index contributed by atoms with van der Waals surface area (Å²) < 4.78 is 27.9. The molecule has 1 aromatic rings. The van der Waals surface area contributed by atoms with Crippen LogP contribution in [0.5, 0.6) is 0 Å². The van der Waals surface area contributed by atoms with E-state index in [4.69, 9.17) is 0 Å². The van der Waals surface area contributed by atoms with Crippen molar-refractivity contribution >= 4 is 31.8 Å². The van der Waals surface area contributed by atoms with E-state index < -0.39 is 10.0 Å². The van der Waals surface area contributed by atoms with E-state index in [1.54, 1.807) is 19.3 Å². The van der Waals surface area contributed by atoms with E-state index in [2.05, 4.69) is 26.2 Å². The van der Waals surface area contributed by atoms with Gasteiger partial charge < -0.3 is 10.4 Å². The van der Waals surface area contributed by atoms with E-state index in [0.717, 1.165) is 19.3 Å². The molecule has 0 aromatic carbocycles. The van der Waals surface area contributed by atoms with Crippen LogP contribution in [-0.4, -0.2) is 49.1 Å². The van der Waals surface area contributed by atoms with Crippen molar-refractivity contribution in [3.8, 4) is 0 Å². The number of aromatic nitrogens is 1. The highest BCUT2D eigenvalue weighted by atomic mass is 79.9. The molecule has 0 bridgehead atoms. The van der Waals surface area contributed by atoms with Gasteiger partial charge in [0.25, 0.3) is 0 Å². The van der Waals surface area contributed by atoms with Gasteiger partial charge in [-0.1, -0.05) is 12.8 Å². The number of anilines is 1. The molecule has 0 spiro atoms. The second kappa shape index (κ2) is 7.04. The quantitative estimate of drug-likeness (QED) is 0.835. The first-order valence-electron chi connectivity index (χ1n) is 6.96. The van der Waals surface area contributed by atoms with E-state index >= 15 is 0 Å². The van der Waals surface area contributed by atoms with Gasteiger partial charge in [0.2, 0.25) is 10.0 Å². The largest absolute Gasteiger partial charge is 0.395 e. The number of rotatable bonds is 4. The fourth-order valence-electron chi connectivity index (χ4n) is 2.58. The summed E-state index contributed by atoms with van der Waals surface area (Å²) in [6, 6.07) is 1.19. The maximum atomic E-state index is 13.0. The number of hydrogen-bond acceptors (Lipinski definition) is 5. The van der Waals surface area contributed by atoms with Gasteiger partial charge in [0.1, 0.15) is 10.7 Å². The molecule has 0 aliphatic carbocycles. The SMILES string of the molecule is CNc1ncc(Br)cc1S(=O)(=O)N1CCCCCC1CO. The fourth-order valence-corrected chi connectivity index (χ4v) is 4.93. The van der Waals surface area contributed by atoms with Crippen molar-refractivity contribution < 1.29 is 13.5 Å². The van der Waals surface area contributed by atoms with Crippen LogP contribution in [0, 0.1) is 0 Å². The molecule has 2 heterocycles. The predicted octanol–water partition coefficient (Wildman–Crippen LogP) is 1.81. The smallest absolute Gasteiger partial charge is 0.247 e. The number of pyridine rings is 1. The molecule has 0 radical (unpaired) electrons. The third kappa shape index (κ3) is 3.56. The summed E-state index contributed by atoms with van der Waals surface area (Å²) in [7, 11) is -2.05. The van der Waals surface area contributed by atoms with Crippen molar-refractivity contribution in [3.05, 3.63) is 16.7 Å². The second-order valence-corrected chi connectivity index (χ2v) is 7.83. The molecule has 2 rings (SSSR count). The van der Waals surface area contributed by atoms with Crippen LogP contribution in [0.1, 0.15) is 25.7 Å². The third-order valence-electron chi connectivity index (χ3n) is 3.68. The van der Waals surface area contributed by atoms with Crippen molar-refractivity contribution in [2.45, 2.75) is 36.6 Å². The summed E-state index contributed by atoms with van der Waals surface area (Å²) in [5.74, 6) is 0.319. The molecule has 6 nitrogen and oxygen atoms in total. The number of sulfonamides is 1. The summed E-state index contributed by atoms with van der Waals surface area (Å²) in [5.41, 5.74) is 0. The van der Waals surface area contributed by atoms with Gasteiger partial charge in [-0.05, 0) is 34.8 Å². The normalized spacial score (nSPS) is 21.0. The Hall–Kier alpha value is -0.700. The zero-order chi connectivity index (χ0) is 15.5. The van der Waals surface area contributed by atoms with Gasteiger partial charge >= 0.3 is 0 Å². The average molecular weight is 378 g/mol. The first kappa shape index (κ1) is 16.7. The average Bonchev–Trinajstić information content (AvgIpc) is 2.72. The second-order valence-electron chi connectivity index (χ2n) is 5.05. The minimum Gasteiger partial charge on any atom is -0.395 e.